The molecule has 1 aromatic heterocycles. The number of rotatable bonds is 7. The monoisotopic (exact) mass is 223 g/mol. The van der Waals surface area contributed by atoms with Crippen molar-refractivity contribution in [3.63, 3.8) is 0 Å². The highest BCUT2D eigenvalue weighted by atomic mass is 15.0. The number of nitrogens with one attached hydrogen (secondary N) is 2. The van der Waals surface area contributed by atoms with Crippen molar-refractivity contribution >= 4 is 0 Å². The van der Waals surface area contributed by atoms with Gasteiger partial charge in [0.05, 0.1) is 12.0 Å². The lowest BCUT2D eigenvalue weighted by Gasteiger charge is -2.13. The largest absolute Gasteiger partial charge is 0.348 e. The number of hydrogen-bond donors (Lipinski definition) is 2. The van der Waals surface area contributed by atoms with E-state index in [0.29, 0.717) is 6.04 Å². The molecule has 3 heteroatoms. The van der Waals surface area contributed by atoms with E-state index in [1.807, 2.05) is 0 Å². The summed E-state index contributed by atoms with van der Waals surface area (Å²) >= 11 is 0. The number of imidazole rings is 1. The molecule has 0 saturated carbocycles. The van der Waals surface area contributed by atoms with Crippen molar-refractivity contribution in [3.8, 4) is 0 Å². The average Bonchev–Trinajstić information content (AvgIpc) is 2.60. The Balaban J connectivity index is 2.15. The van der Waals surface area contributed by atoms with E-state index in [0.717, 1.165) is 18.2 Å². The van der Waals surface area contributed by atoms with Crippen molar-refractivity contribution in [1.29, 1.82) is 0 Å². The lowest BCUT2D eigenvalue weighted by molar-refractivity contribution is 0.455. The van der Waals surface area contributed by atoms with Gasteiger partial charge in [0.1, 0.15) is 0 Å². The molecule has 0 aromatic carbocycles. The number of nitrogens with zero attached hydrogens (tertiary/aromatic N) is 1. The molecule has 16 heavy (non-hydrogen) atoms. The molecular weight excluding hydrogens is 198 g/mol. The highest BCUT2D eigenvalue weighted by molar-refractivity contribution is 5.08. The van der Waals surface area contributed by atoms with Gasteiger partial charge < -0.3 is 10.3 Å². The van der Waals surface area contributed by atoms with Crippen LogP contribution in [-0.2, 0) is 6.54 Å². The Labute approximate surface area is 99.1 Å². The van der Waals surface area contributed by atoms with Crippen LogP contribution in [0.2, 0.25) is 0 Å². The fourth-order valence-corrected chi connectivity index (χ4v) is 1.77. The van der Waals surface area contributed by atoms with E-state index in [1.54, 1.807) is 6.33 Å². The van der Waals surface area contributed by atoms with Crippen molar-refractivity contribution in [3.05, 3.63) is 17.7 Å². The molecule has 0 saturated heterocycles. The maximum Gasteiger partial charge on any atom is 0.0925 e. The average molecular weight is 223 g/mol. The SMILES string of the molecule is Cc1[nH]cnc1CNC(C)CCCC(C)C. The second-order valence-electron chi connectivity index (χ2n) is 5.08. The fraction of sp³-hybridized carbons (Fsp3) is 0.769. The molecule has 1 atom stereocenters. The Morgan fingerprint density at radius 2 is 2.06 bits per heavy atom. The molecule has 0 spiro atoms. The van der Waals surface area contributed by atoms with E-state index in [4.69, 9.17) is 0 Å². The lowest BCUT2D eigenvalue weighted by atomic mass is 10.0. The molecule has 1 aromatic rings. The van der Waals surface area contributed by atoms with Gasteiger partial charge in [-0.2, -0.15) is 0 Å². The van der Waals surface area contributed by atoms with Gasteiger partial charge in [0, 0.05) is 18.3 Å². The number of H-pyrrole nitrogens is 1. The summed E-state index contributed by atoms with van der Waals surface area (Å²) in [6, 6.07) is 0.579. The van der Waals surface area contributed by atoms with Crippen molar-refractivity contribution in [2.24, 2.45) is 5.92 Å². The summed E-state index contributed by atoms with van der Waals surface area (Å²) in [4.78, 5) is 7.38. The molecule has 92 valence electrons. The zero-order valence-electron chi connectivity index (χ0n) is 11.0. The molecule has 1 rings (SSSR count). The minimum absolute atomic E-state index is 0.579. The van der Waals surface area contributed by atoms with E-state index in [2.05, 4.69) is 43.0 Å². The molecule has 1 unspecified atom stereocenters. The number of aromatic nitrogens is 2. The van der Waals surface area contributed by atoms with Gasteiger partial charge in [-0.3, -0.25) is 0 Å². The Kier molecular flexibility index (Phi) is 5.53. The van der Waals surface area contributed by atoms with E-state index >= 15 is 0 Å². The minimum atomic E-state index is 0.579. The zero-order chi connectivity index (χ0) is 12.0. The first-order valence-electron chi connectivity index (χ1n) is 6.31. The predicted molar refractivity (Wildman–Crippen MR) is 68.3 cm³/mol. The van der Waals surface area contributed by atoms with Crippen LogP contribution >= 0.6 is 0 Å². The van der Waals surface area contributed by atoms with E-state index in [9.17, 15) is 0 Å². The maximum atomic E-state index is 4.28. The third-order valence-corrected chi connectivity index (χ3v) is 2.97. The van der Waals surface area contributed by atoms with Gasteiger partial charge >= 0.3 is 0 Å². The standard InChI is InChI=1S/C13H25N3/c1-10(2)6-5-7-11(3)14-8-13-12(4)15-9-16-13/h9-11,14H,5-8H2,1-4H3,(H,15,16). The third kappa shape index (κ3) is 4.79. The van der Waals surface area contributed by atoms with Crippen LogP contribution in [0.5, 0.6) is 0 Å². The van der Waals surface area contributed by atoms with Crippen LogP contribution in [0.25, 0.3) is 0 Å². The second-order valence-corrected chi connectivity index (χ2v) is 5.08. The number of aryl methyl sites for hydroxylation is 1. The summed E-state index contributed by atoms with van der Waals surface area (Å²) in [5.41, 5.74) is 2.30. The summed E-state index contributed by atoms with van der Waals surface area (Å²) in [5.74, 6) is 0.820. The molecule has 3 nitrogen and oxygen atoms in total. The van der Waals surface area contributed by atoms with Gasteiger partial charge in [-0.15, -0.1) is 0 Å². The van der Waals surface area contributed by atoms with Crippen LogP contribution in [0.3, 0.4) is 0 Å². The van der Waals surface area contributed by atoms with Crippen LogP contribution in [0, 0.1) is 12.8 Å². The summed E-state index contributed by atoms with van der Waals surface area (Å²) in [5, 5.41) is 3.52. The molecule has 0 bridgehead atoms. The van der Waals surface area contributed by atoms with Crippen LogP contribution < -0.4 is 5.32 Å². The summed E-state index contributed by atoms with van der Waals surface area (Å²) < 4.78 is 0. The van der Waals surface area contributed by atoms with E-state index in [-0.39, 0.29) is 0 Å². The van der Waals surface area contributed by atoms with Crippen LogP contribution in [0.4, 0.5) is 0 Å². The molecule has 0 aliphatic carbocycles. The Morgan fingerprint density at radius 1 is 1.31 bits per heavy atom. The first-order valence-corrected chi connectivity index (χ1v) is 6.31. The van der Waals surface area contributed by atoms with Crippen molar-refractivity contribution in [2.45, 2.75) is 59.5 Å². The maximum absolute atomic E-state index is 4.28. The Hall–Kier alpha value is -0.830. The molecule has 1 heterocycles. The molecule has 0 aliphatic rings. The second kappa shape index (κ2) is 6.69. The van der Waals surface area contributed by atoms with E-state index in [1.165, 1.54) is 25.0 Å². The highest BCUT2D eigenvalue weighted by Gasteiger charge is 2.05. The van der Waals surface area contributed by atoms with Crippen molar-refractivity contribution < 1.29 is 0 Å². The third-order valence-electron chi connectivity index (χ3n) is 2.97. The lowest BCUT2D eigenvalue weighted by Crippen LogP contribution is -2.25. The number of hydrogen-bond acceptors (Lipinski definition) is 2. The topological polar surface area (TPSA) is 40.7 Å². The fourth-order valence-electron chi connectivity index (χ4n) is 1.77. The van der Waals surface area contributed by atoms with Crippen molar-refractivity contribution in [2.75, 3.05) is 0 Å². The Morgan fingerprint density at radius 3 is 2.62 bits per heavy atom. The van der Waals surface area contributed by atoms with Crippen LogP contribution in [0.15, 0.2) is 6.33 Å². The van der Waals surface area contributed by atoms with Gasteiger partial charge in [0.25, 0.3) is 0 Å². The van der Waals surface area contributed by atoms with Crippen LogP contribution in [-0.4, -0.2) is 16.0 Å². The molecule has 0 radical (unpaired) electrons. The minimum Gasteiger partial charge on any atom is -0.348 e. The normalized spacial score (nSPS) is 13.3. The van der Waals surface area contributed by atoms with Gasteiger partial charge in [0.2, 0.25) is 0 Å². The van der Waals surface area contributed by atoms with Gasteiger partial charge in [0.15, 0.2) is 0 Å². The van der Waals surface area contributed by atoms with E-state index < -0.39 is 0 Å². The molecule has 0 aliphatic heterocycles. The highest BCUT2D eigenvalue weighted by Crippen LogP contribution is 2.09. The zero-order valence-corrected chi connectivity index (χ0v) is 11.0. The molecule has 0 amide bonds. The quantitative estimate of drug-likeness (QED) is 0.746. The van der Waals surface area contributed by atoms with Gasteiger partial charge in [-0.1, -0.05) is 26.7 Å². The Bertz CT molecular complexity index is 291. The molecular formula is C13H25N3. The van der Waals surface area contributed by atoms with Crippen LogP contribution in [0.1, 0.15) is 51.4 Å². The predicted octanol–water partition coefficient (Wildman–Crippen LogP) is 3.02. The summed E-state index contributed by atoms with van der Waals surface area (Å²) in [6.07, 6.45) is 5.65. The summed E-state index contributed by atoms with van der Waals surface area (Å²) in [7, 11) is 0. The first kappa shape index (κ1) is 13.2. The first-order chi connectivity index (χ1) is 7.59. The number of aromatic amines is 1. The smallest absolute Gasteiger partial charge is 0.0925 e. The van der Waals surface area contributed by atoms with Crippen molar-refractivity contribution in [1.82, 2.24) is 15.3 Å². The molecule has 2 N–H and O–H groups in total. The van der Waals surface area contributed by atoms with Gasteiger partial charge in [-0.05, 0) is 26.2 Å². The summed E-state index contributed by atoms with van der Waals surface area (Å²) in [6.45, 7) is 9.75. The molecule has 0 fully saturated rings. The van der Waals surface area contributed by atoms with Gasteiger partial charge in [-0.25, -0.2) is 4.98 Å².